The standard InChI is InChI=1S/C15H26N4O/c1-4-16-14-9-12(2)17-15(18-14)11-19(3)10-13-5-7-20-8-6-13/h9,13H,4-8,10-11H2,1-3H3,(H,16,17,18). The molecule has 0 spiro atoms. The molecule has 1 N–H and O–H groups in total. The maximum Gasteiger partial charge on any atom is 0.144 e. The summed E-state index contributed by atoms with van der Waals surface area (Å²) in [5.74, 6) is 2.57. The lowest BCUT2D eigenvalue weighted by molar-refractivity contribution is 0.0547. The summed E-state index contributed by atoms with van der Waals surface area (Å²) in [5, 5.41) is 3.26. The van der Waals surface area contributed by atoms with Crippen LogP contribution in [0.2, 0.25) is 0 Å². The number of ether oxygens (including phenoxy) is 1. The molecule has 1 aliphatic rings. The first kappa shape index (κ1) is 15.2. The molecule has 2 heterocycles. The molecular formula is C15H26N4O. The zero-order valence-corrected chi connectivity index (χ0v) is 12.9. The topological polar surface area (TPSA) is 50.3 Å². The zero-order valence-electron chi connectivity index (χ0n) is 12.9. The van der Waals surface area contributed by atoms with Crippen molar-refractivity contribution in [3.8, 4) is 0 Å². The molecule has 0 atom stereocenters. The molecule has 0 aliphatic carbocycles. The summed E-state index contributed by atoms with van der Waals surface area (Å²) in [7, 11) is 2.15. The highest BCUT2D eigenvalue weighted by molar-refractivity contribution is 5.35. The first-order valence-electron chi connectivity index (χ1n) is 7.52. The van der Waals surface area contributed by atoms with E-state index in [0.717, 1.165) is 56.1 Å². The van der Waals surface area contributed by atoms with E-state index in [1.165, 1.54) is 12.8 Å². The first-order valence-corrected chi connectivity index (χ1v) is 7.52. The van der Waals surface area contributed by atoms with Gasteiger partial charge in [-0.2, -0.15) is 0 Å². The Labute approximate surface area is 121 Å². The molecule has 0 radical (unpaired) electrons. The molecule has 0 aromatic carbocycles. The maximum absolute atomic E-state index is 5.41. The van der Waals surface area contributed by atoms with E-state index in [1.54, 1.807) is 0 Å². The second kappa shape index (κ2) is 7.55. The third kappa shape index (κ3) is 4.72. The summed E-state index contributed by atoms with van der Waals surface area (Å²) in [4.78, 5) is 11.4. The Hall–Kier alpha value is -1.20. The highest BCUT2D eigenvalue weighted by atomic mass is 16.5. The van der Waals surface area contributed by atoms with Gasteiger partial charge in [0, 0.05) is 38.1 Å². The number of anilines is 1. The van der Waals surface area contributed by atoms with E-state index < -0.39 is 0 Å². The molecule has 1 saturated heterocycles. The minimum atomic E-state index is 0.742. The molecule has 1 fully saturated rings. The molecule has 0 saturated carbocycles. The van der Waals surface area contributed by atoms with E-state index in [1.807, 2.05) is 13.0 Å². The van der Waals surface area contributed by atoms with Crippen LogP contribution in [-0.4, -0.2) is 48.2 Å². The van der Waals surface area contributed by atoms with Gasteiger partial charge in [0.25, 0.3) is 0 Å². The Morgan fingerprint density at radius 1 is 1.35 bits per heavy atom. The van der Waals surface area contributed by atoms with E-state index in [9.17, 15) is 0 Å². The normalized spacial score (nSPS) is 16.6. The summed E-state index contributed by atoms with van der Waals surface area (Å²) in [6.07, 6.45) is 2.34. The summed E-state index contributed by atoms with van der Waals surface area (Å²) >= 11 is 0. The predicted octanol–water partition coefficient (Wildman–Crippen LogP) is 2.08. The van der Waals surface area contributed by atoms with Crippen molar-refractivity contribution in [2.45, 2.75) is 33.2 Å². The molecule has 0 bridgehead atoms. The number of aromatic nitrogens is 2. The van der Waals surface area contributed by atoms with Crippen molar-refractivity contribution >= 4 is 5.82 Å². The lowest BCUT2D eigenvalue weighted by Gasteiger charge is -2.26. The van der Waals surface area contributed by atoms with Crippen LogP contribution in [0.15, 0.2) is 6.07 Å². The van der Waals surface area contributed by atoms with E-state index >= 15 is 0 Å². The van der Waals surface area contributed by atoms with Crippen molar-refractivity contribution < 1.29 is 4.74 Å². The molecule has 0 unspecified atom stereocenters. The average molecular weight is 278 g/mol. The quantitative estimate of drug-likeness (QED) is 0.863. The molecule has 1 aromatic heterocycles. The molecular weight excluding hydrogens is 252 g/mol. The van der Waals surface area contributed by atoms with Crippen molar-refractivity contribution in [3.63, 3.8) is 0 Å². The van der Waals surface area contributed by atoms with Crippen LogP contribution in [0.3, 0.4) is 0 Å². The Kier molecular flexibility index (Phi) is 5.73. The number of aryl methyl sites for hydroxylation is 1. The number of nitrogens with zero attached hydrogens (tertiary/aromatic N) is 3. The van der Waals surface area contributed by atoms with Crippen LogP contribution in [0.1, 0.15) is 31.3 Å². The van der Waals surface area contributed by atoms with E-state index in [-0.39, 0.29) is 0 Å². The van der Waals surface area contributed by atoms with Gasteiger partial charge in [-0.3, -0.25) is 4.90 Å². The van der Waals surface area contributed by atoms with Crippen LogP contribution >= 0.6 is 0 Å². The Morgan fingerprint density at radius 3 is 2.80 bits per heavy atom. The molecule has 5 heteroatoms. The minimum Gasteiger partial charge on any atom is -0.381 e. The van der Waals surface area contributed by atoms with Crippen molar-refractivity contribution in [2.75, 3.05) is 38.7 Å². The smallest absolute Gasteiger partial charge is 0.144 e. The molecule has 0 amide bonds. The molecule has 1 aliphatic heterocycles. The summed E-state index contributed by atoms with van der Waals surface area (Å²) in [6, 6.07) is 1.99. The van der Waals surface area contributed by atoms with E-state index in [2.05, 4.69) is 34.2 Å². The SMILES string of the molecule is CCNc1cc(C)nc(CN(C)CC2CCOCC2)n1. The highest BCUT2D eigenvalue weighted by Gasteiger charge is 2.16. The van der Waals surface area contributed by atoms with Gasteiger partial charge in [0.2, 0.25) is 0 Å². The minimum absolute atomic E-state index is 0.742. The van der Waals surface area contributed by atoms with Gasteiger partial charge in [0.05, 0.1) is 6.54 Å². The highest BCUT2D eigenvalue weighted by Crippen LogP contribution is 2.16. The van der Waals surface area contributed by atoms with Crippen molar-refractivity contribution in [1.82, 2.24) is 14.9 Å². The predicted molar refractivity (Wildman–Crippen MR) is 80.8 cm³/mol. The lowest BCUT2D eigenvalue weighted by Crippen LogP contribution is -2.30. The Bertz CT molecular complexity index is 418. The van der Waals surface area contributed by atoms with Gasteiger partial charge in [-0.1, -0.05) is 0 Å². The van der Waals surface area contributed by atoms with Crippen LogP contribution in [0.4, 0.5) is 5.82 Å². The van der Waals surface area contributed by atoms with Gasteiger partial charge in [-0.15, -0.1) is 0 Å². The van der Waals surface area contributed by atoms with Crippen LogP contribution in [-0.2, 0) is 11.3 Å². The van der Waals surface area contributed by atoms with Crippen molar-refractivity contribution in [1.29, 1.82) is 0 Å². The van der Waals surface area contributed by atoms with Gasteiger partial charge in [-0.25, -0.2) is 9.97 Å². The van der Waals surface area contributed by atoms with Gasteiger partial charge in [-0.05, 0) is 39.7 Å². The van der Waals surface area contributed by atoms with Gasteiger partial charge in [0.15, 0.2) is 0 Å². The molecule has 112 valence electrons. The summed E-state index contributed by atoms with van der Waals surface area (Å²) in [6.45, 7) is 8.69. The fraction of sp³-hybridized carbons (Fsp3) is 0.733. The largest absolute Gasteiger partial charge is 0.381 e. The van der Waals surface area contributed by atoms with Gasteiger partial charge >= 0.3 is 0 Å². The first-order chi connectivity index (χ1) is 9.67. The summed E-state index contributed by atoms with van der Waals surface area (Å²) < 4.78 is 5.41. The van der Waals surface area contributed by atoms with E-state index in [4.69, 9.17) is 4.74 Å². The van der Waals surface area contributed by atoms with Crippen LogP contribution in [0, 0.1) is 12.8 Å². The summed E-state index contributed by atoms with van der Waals surface area (Å²) in [5.41, 5.74) is 1.02. The lowest BCUT2D eigenvalue weighted by atomic mass is 10.00. The Morgan fingerprint density at radius 2 is 2.10 bits per heavy atom. The molecule has 2 rings (SSSR count). The second-order valence-electron chi connectivity index (χ2n) is 5.59. The Balaban J connectivity index is 1.90. The monoisotopic (exact) mass is 278 g/mol. The fourth-order valence-corrected chi connectivity index (χ4v) is 2.65. The third-order valence-corrected chi connectivity index (χ3v) is 3.58. The van der Waals surface area contributed by atoms with Gasteiger partial charge in [0.1, 0.15) is 11.6 Å². The van der Waals surface area contributed by atoms with Crippen LogP contribution < -0.4 is 5.32 Å². The van der Waals surface area contributed by atoms with Gasteiger partial charge < -0.3 is 10.1 Å². The second-order valence-corrected chi connectivity index (χ2v) is 5.59. The molecule has 20 heavy (non-hydrogen) atoms. The number of nitrogens with one attached hydrogen (secondary N) is 1. The van der Waals surface area contributed by atoms with Crippen LogP contribution in [0.5, 0.6) is 0 Å². The molecule has 1 aromatic rings. The zero-order chi connectivity index (χ0) is 14.4. The number of hydrogen-bond donors (Lipinski definition) is 1. The third-order valence-electron chi connectivity index (χ3n) is 3.58. The average Bonchev–Trinajstić information content (AvgIpc) is 2.39. The van der Waals surface area contributed by atoms with Crippen LogP contribution in [0.25, 0.3) is 0 Å². The molecule has 5 nitrogen and oxygen atoms in total. The number of hydrogen-bond acceptors (Lipinski definition) is 5. The van der Waals surface area contributed by atoms with Crippen molar-refractivity contribution in [2.24, 2.45) is 5.92 Å². The fourth-order valence-electron chi connectivity index (χ4n) is 2.65. The van der Waals surface area contributed by atoms with Crippen molar-refractivity contribution in [3.05, 3.63) is 17.6 Å². The van der Waals surface area contributed by atoms with E-state index in [0.29, 0.717) is 0 Å². The maximum atomic E-state index is 5.41. The number of rotatable bonds is 6.